The van der Waals surface area contributed by atoms with E-state index >= 15 is 0 Å². The minimum Gasteiger partial charge on any atom is -0.358 e. The van der Waals surface area contributed by atoms with E-state index in [1.807, 2.05) is 6.92 Å². The molecule has 0 N–H and O–H groups in total. The number of ether oxygens (including phenoxy) is 1. The van der Waals surface area contributed by atoms with Crippen LogP contribution in [0.2, 0.25) is 0 Å². The van der Waals surface area contributed by atoms with Gasteiger partial charge >= 0.3 is 0 Å². The van der Waals surface area contributed by atoms with Crippen molar-refractivity contribution in [2.24, 2.45) is 0 Å². The van der Waals surface area contributed by atoms with E-state index in [0.717, 1.165) is 28.8 Å². The van der Waals surface area contributed by atoms with E-state index in [2.05, 4.69) is 31.5 Å². The fraction of sp³-hybridized carbons (Fsp3) is 0.588. The molecule has 0 bridgehead atoms. The molecule has 2 rings (SSSR count). The Kier molecular flexibility index (Phi) is 5.87. The predicted molar refractivity (Wildman–Crippen MR) is 101 cm³/mol. The van der Waals surface area contributed by atoms with Crippen LogP contribution in [0.4, 0.5) is 5.69 Å². The lowest BCUT2D eigenvalue weighted by molar-refractivity contribution is -0.384. The van der Waals surface area contributed by atoms with E-state index in [1.54, 1.807) is 16.8 Å². The third kappa shape index (κ3) is 4.08. The van der Waals surface area contributed by atoms with Gasteiger partial charge in [0.15, 0.2) is 0 Å². The lowest BCUT2D eigenvalue weighted by atomic mass is 10.1. The van der Waals surface area contributed by atoms with Crippen LogP contribution in [0.15, 0.2) is 18.2 Å². The molecule has 0 aliphatic carbocycles. The highest BCUT2D eigenvalue weighted by Crippen LogP contribution is 2.44. The molecule has 0 spiro atoms. The third-order valence-corrected chi connectivity index (χ3v) is 8.37. The summed E-state index contributed by atoms with van der Waals surface area (Å²) < 4.78 is 7.64. The topological polar surface area (TPSA) is 70.2 Å². The zero-order valence-corrected chi connectivity index (χ0v) is 15.9. The number of aromatic nitrogens is 2. The first-order valence-electron chi connectivity index (χ1n) is 8.17. The number of nitro groups is 1. The number of nitrogens with zero attached hydrogens (tertiary/aromatic N) is 3. The summed E-state index contributed by atoms with van der Waals surface area (Å²) in [5.41, 5.74) is 1.85. The first-order chi connectivity index (χ1) is 11.3. The molecule has 0 atom stereocenters. The van der Waals surface area contributed by atoms with Gasteiger partial charge < -0.3 is 4.74 Å². The first-order valence-corrected chi connectivity index (χ1v) is 10.9. The molecule has 0 aliphatic rings. The molecule has 6 nitrogen and oxygen atoms in total. The molecule has 1 aromatic carbocycles. The van der Waals surface area contributed by atoms with Crippen LogP contribution in [0.3, 0.4) is 0 Å². The summed E-state index contributed by atoms with van der Waals surface area (Å²) in [6, 6.07) is 4.88. The SMILES string of the molecule is CCc1nn(COCCS(C)(C)C(C)C)c2ccc([N+](=O)[O-])cc12. The molecule has 0 saturated carbocycles. The molecule has 0 saturated heterocycles. The smallest absolute Gasteiger partial charge is 0.270 e. The first kappa shape index (κ1) is 18.7. The number of non-ortho nitro benzene ring substituents is 1. The van der Waals surface area contributed by atoms with E-state index < -0.39 is 10.0 Å². The fourth-order valence-corrected chi connectivity index (χ4v) is 3.39. The maximum Gasteiger partial charge on any atom is 0.270 e. The lowest BCUT2D eigenvalue weighted by Gasteiger charge is -2.35. The Balaban J connectivity index is 2.11. The predicted octanol–water partition coefficient (Wildman–Crippen LogP) is 3.95. The van der Waals surface area contributed by atoms with E-state index in [4.69, 9.17) is 4.74 Å². The summed E-state index contributed by atoms with van der Waals surface area (Å²) in [4.78, 5) is 10.6. The van der Waals surface area contributed by atoms with Gasteiger partial charge in [0, 0.05) is 23.3 Å². The third-order valence-electron chi connectivity index (χ3n) is 4.60. The number of nitro benzene ring substituents is 1. The second-order valence-electron chi connectivity index (χ2n) is 6.67. The highest BCUT2D eigenvalue weighted by atomic mass is 32.3. The van der Waals surface area contributed by atoms with Crippen LogP contribution >= 0.6 is 10.0 Å². The summed E-state index contributed by atoms with van der Waals surface area (Å²) in [5.74, 6) is 1.07. The monoisotopic (exact) mass is 353 g/mol. The van der Waals surface area contributed by atoms with Gasteiger partial charge in [-0.15, -0.1) is 0 Å². The molecule has 0 aliphatic heterocycles. The number of hydrogen-bond acceptors (Lipinski definition) is 4. The van der Waals surface area contributed by atoms with E-state index in [0.29, 0.717) is 18.6 Å². The Bertz CT molecular complexity index is 725. The number of benzene rings is 1. The molecule has 1 aromatic heterocycles. The standard InChI is InChI=1S/C17H27N3O3S/c1-6-16-15-11-14(20(21)22)7-8-17(15)19(18-16)12-23-9-10-24(4,5)13(2)3/h7-8,11,13H,6,9-10,12H2,1-5H3. The second kappa shape index (κ2) is 7.53. The minimum absolute atomic E-state index is 0.0972. The summed E-state index contributed by atoms with van der Waals surface area (Å²) in [7, 11) is -0.639. The van der Waals surface area contributed by atoms with E-state index in [1.165, 1.54) is 6.07 Å². The molecule has 24 heavy (non-hydrogen) atoms. The zero-order chi connectivity index (χ0) is 17.9. The average molecular weight is 353 g/mol. The molecule has 134 valence electrons. The number of aryl methyl sites for hydroxylation is 1. The van der Waals surface area contributed by atoms with Crippen molar-refractivity contribution >= 4 is 26.6 Å². The quantitative estimate of drug-likeness (QED) is 0.409. The Morgan fingerprint density at radius 1 is 1.38 bits per heavy atom. The van der Waals surface area contributed by atoms with Crippen LogP contribution in [-0.2, 0) is 17.9 Å². The molecular formula is C17H27N3O3S. The van der Waals surface area contributed by atoms with Gasteiger partial charge in [-0.2, -0.15) is 5.10 Å². The maximum absolute atomic E-state index is 11.0. The second-order valence-corrected chi connectivity index (χ2v) is 11.3. The molecule has 0 fully saturated rings. The van der Waals surface area contributed by atoms with Crippen LogP contribution in [0.1, 0.15) is 26.5 Å². The van der Waals surface area contributed by atoms with Crippen molar-refractivity contribution in [3.05, 3.63) is 34.0 Å². The highest BCUT2D eigenvalue weighted by molar-refractivity contribution is 8.33. The van der Waals surface area contributed by atoms with Crippen LogP contribution in [0.25, 0.3) is 10.9 Å². The van der Waals surface area contributed by atoms with Gasteiger partial charge in [0.2, 0.25) is 0 Å². The van der Waals surface area contributed by atoms with Crippen molar-refractivity contribution in [2.75, 3.05) is 24.9 Å². The zero-order valence-electron chi connectivity index (χ0n) is 15.1. The Hall–Kier alpha value is -1.60. The van der Waals surface area contributed by atoms with Crippen molar-refractivity contribution in [3.63, 3.8) is 0 Å². The van der Waals surface area contributed by atoms with Gasteiger partial charge in [-0.3, -0.25) is 10.1 Å². The maximum atomic E-state index is 11.0. The number of rotatable bonds is 8. The van der Waals surface area contributed by atoms with Crippen LogP contribution < -0.4 is 0 Å². The molecular weight excluding hydrogens is 326 g/mol. The van der Waals surface area contributed by atoms with Crippen molar-refractivity contribution < 1.29 is 9.66 Å². The highest BCUT2D eigenvalue weighted by Gasteiger charge is 2.17. The van der Waals surface area contributed by atoms with Crippen LogP contribution in [0, 0.1) is 10.1 Å². The van der Waals surface area contributed by atoms with Gasteiger partial charge in [-0.05, 0) is 30.2 Å². The molecule has 0 radical (unpaired) electrons. The van der Waals surface area contributed by atoms with E-state index in [-0.39, 0.29) is 10.6 Å². The van der Waals surface area contributed by atoms with Crippen molar-refractivity contribution in [2.45, 2.75) is 39.2 Å². The van der Waals surface area contributed by atoms with Crippen molar-refractivity contribution in [1.82, 2.24) is 9.78 Å². The van der Waals surface area contributed by atoms with E-state index in [9.17, 15) is 10.1 Å². The Morgan fingerprint density at radius 3 is 2.67 bits per heavy atom. The van der Waals surface area contributed by atoms with Gasteiger partial charge in [0.05, 0.1) is 22.7 Å². The van der Waals surface area contributed by atoms with Gasteiger partial charge in [0.1, 0.15) is 6.73 Å². The van der Waals surface area contributed by atoms with Gasteiger partial charge in [-0.1, -0.05) is 20.8 Å². The summed E-state index contributed by atoms with van der Waals surface area (Å²) in [6.45, 7) is 7.60. The largest absolute Gasteiger partial charge is 0.358 e. The van der Waals surface area contributed by atoms with Crippen LogP contribution in [0.5, 0.6) is 0 Å². The Morgan fingerprint density at radius 2 is 2.08 bits per heavy atom. The summed E-state index contributed by atoms with van der Waals surface area (Å²) >= 11 is 0. The van der Waals surface area contributed by atoms with Gasteiger partial charge in [0.25, 0.3) is 5.69 Å². The van der Waals surface area contributed by atoms with Crippen LogP contribution in [-0.4, -0.2) is 44.8 Å². The molecule has 0 amide bonds. The van der Waals surface area contributed by atoms with Gasteiger partial charge in [-0.25, -0.2) is 14.7 Å². The summed E-state index contributed by atoms with van der Waals surface area (Å²) in [5, 5.41) is 17.0. The minimum atomic E-state index is -0.639. The Labute approximate surface area is 144 Å². The molecule has 2 aromatic rings. The van der Waals surface area contributed by atoms with Crippen molar-refractivity contribution in [1.29, 1.82) is 0 Å². The average Bonchev–Trinajstić information content (AvgIpc) is 2.88. The normalized spacial score (nSPS) is 12.9. The lowest BCUT2D eigenvalue weighted by Crippen LogP contribution is -2.17. The summed E-state index contributed by atoms with van der Waals surface area (Å²) in [6.07, 6.45) is 5.40. The number of fused-ring (bicyclic) bond motifs is 1. The molecule has 0 unspecified atom stereocenters. The molecule has 1 heterocycles. The molecule has 7 heteroatoms. The number of hydrogen-bond donors (Lipinski definition) is 0. The van der Waals surface area contributed by atoms with Crippen molar-refractivity contribution in [3.8, 4) is 0 Å². The fourth-order valence-electron chi connectivity index (χ4n) is 2.37.